The lowest BCUT2D eigenvalue weighted by Crippen LogP contribution is -2.66. The molecule has 2 unspecified atom stereocenters. The third kappa shape index (κ3) is 4.32. The van der Waals surface area contributed by atoms with Gasteiger partial charge >= 0.3 is 12.1 Å². The molecule has 2 atom stereocenters. The fourth-order valence-corrected chi connectivity index (χ4v) is 6.23. The number of anilines is 1. The Bertz CT molecular complexity index is 1260. The lowest BCUT2D eigenvalue weighted by atomic mass is 9.63. The van der Waals surface area contributed by atoms with Gasteiger partial charge < -0.3 is 9.64 Å². The number of hydrogen-bond acceptors (Lipinski definition) is 5. The van der Waals surface area contributed by atoms with Crippen LogP contribution in [0.2, 0.25) is 5.02 Å². The van der Waals surface area contributed by atoms with Crippen LogP contribution in [-0.4, -0.2) is 47.4 Å². The van der Waals surface area contributed by atoms with Crippen molar-refractivity contribution >= 4 is 35.2 Å². The molecule has 3 saturated carbocycles. The summed E-state index contributed by atoms with van der Waals surface area (Å²) >= 11 is 5.80. The van der Waals surface area contributed by atoms with Crippen molar-refractivity contribution in [2.45, 2.75) is 38.0 Å². The van der Waals surface area contributed by atoms with Crippen LogP contribution >= 0.6 is 11.6 Å². The highest BCUT2D eigenvalue weighted by molar-refractivity contribution is 6.30. The van der Waals surface area contributed by atoms with Gasteiger partial charge in [-0.05, 0) is 48.9 Å². The molecule has 37 heavy (non-hydrogen) atoms. The number of alkyl halides is 3. The van der Waals surface area contributed by atoms with Gasteiger partial charge in [0, 0.05) is 18.2 Å². The predicted octanol–water partition coefficient (Wildman–Crippen LogP) is 4.23. The maximum Gasteiger partial charge on any atom is 0.416 e. The molecule has 0 radical (unpaired) electrons. The van der Waals surface area contributed by atoms with Crippen molar-refractivity contribution in [3.05, 3.63) is 58.5 Å². The van der Waals surface area contributed by atoms with Crippen LogP contribution in [0.1, 0.15) is 30.4 Å². The zero-order chi connectivity index (χ0) is 26.7. The average molecular weight is 540 g/mol. The summed E-state index contributed by atoms with van der Waals surface area (Å²) in [4.78, 5) is 45.9. The molecule has 2 aromatic rings. The van der Waals surface area contributed by atoms with E-state index in [-0.39, 0.29) is 23.3 Å². The van der Waals surface area contributed by atoms with Gasteiger partial charge in [-0.2, -0.15) is 13.2 Å². The fourth-order valence-electron chi connectivity index (χ4n) is 6.08. The third-order valence-corrected chi connectivity index (χ3v) is 7.93. The van der Waals surface area contributed by atoms with Crippen LogP contribution in [0.5, 0.6) is 0 Å². The minimum atomic E-state index is -4.51. The van der Waals surface area contributed by atoms with E-state index in [9.17, 15) is 31.9 Å². The molecule has 196 valence electrons. The number of carbonyl (C=O) groups is 3. The molecule has 12 heteroatoms. The van der Waals surface area contributed by atoms with Crippen molar-refractivity contribution in [1.29, 1.82) is 0 Å². The summed E-state index contributed by atoms with van der Waals surface area (Å²) in [6, 6.07) is 4.29. The fraction of sp³-hybridized carbons (Fsp3) is 0.440. The topological polar surface area (TPSA) is 79.8 Å². The molecule has 2 amide bonds. The maximum absolute atomic E-state index is 14.7. The number of amides is 2. The van der Waals surface area contributed by atoms with E-state index in [0.29, 0.717) is 24.8 Å². The van der Waals surface area contributed by atoms with Crippen LogP contribution in [0.3, 0.4) is 0 Å². The molecule has 7 nitrogen and oxygen atoms in total. The van der Waals surface area contributed by atoms with E-state index in [1.54, 1.807) is 0 Å². The van der Waals surface area contributed by atoms with E-state index < -0.39 is 59.3 Å². The highest BCUT2D eigenvalue weighted by atomic mass is 35.5. The molecule has 1 saturated heterocycles. The molecule has 1 aromatic heterocycles. The normalized spacial score (nSPS) is 27.4. The minimum Gasteiger partial charge on any atom is -0.469 e. The predicted molar refractivity (Wildman–Crippen MR) is 123 cm³/mol. The molecule has 1 aliphatic heterocycles. The van der Waals surface area contributed by atoms with Crippen LogP contribution in [0.15, 0.2) is 36.5 Å². The Morgan fingerprint density at radius 1 is 1.19 bits per heavy atom. The Balaban J connectivity index is 1.50. The van der Waals surface area contributed by atoms with E-state index in [2.05, 4.69) is 4.98 Å². The van der Waals surface area contributed by atoms with E-state index in [4.69, 9.17) is 16.3 Å². The highest BCUT2D eigenvalue weighted by Crippen LogP contribution is 2.65. The summed E-state index contributed by atoms with van der Waals surface area (Å²) in [6.45, 7) is -0.617. The van der Waals surface area contributed by atoms with Crippen LogP contribution < -0.4 is 4.90 Å². The van der Waals surface area contributed by atoms with E-state index in [0.717, 1.165) is 23.1 Å². The number of fused-ring (bicyclic) bond motifs is 1. The van der Waals surface area contributed by atoms with E-state index in [1.165, 1.54) is 30.3 Å². The van der Waals surface area contributed by atoms with Crippen molar-refractivity contribution < 1.29 is 36.7 Å². The third-order valence-electron chi connectivity index (χ3n) is 7.72. The number of methoxy groups -OCH3 is 1. The number of piperazine rings is 1. The van der Waals surface area contributed by atoms with Crippen LogP contribution in [0.25, 0.3) is 0 Å². The van der Waals surface area contributed by atoms with E-state index in [1.807, 2.05) is 0 Å². The standard InChI is InChI=1S/C25H22ClF4N3O4/c1-37-23(36)17-9-24(7-14(17)8-24)20-22(35)33(21-18(27)6-16(26)10-31-21)12-19(34)32(20)11-13-2-4-15(5-3-13)25(28,29)30/h2-6,10,14,17,20H,7-9,11-12H2,1H3. The molecule has 2 bridgehead atoms. The first kappa shape index (κ1) is 25.4. The van der Waals surface area contributed by atoms with Crippen LogP contribution in [-0.2, 0) is 31.8 Å². The van der Waals surface area contributed by atoms with Crippen molar-refractivity contribution in [2.75, 3.05) is 18.6 Å². The lowest BCUT2D eigenvalue weighted by molar-refractivity contribution is -0.152. The molecule has 6 rings (SSSR count). The lowest BCUT2D eigenvalue weighted by Gasteiger charge is -2.51. The second kappa shape index (κ2) is 8.97. The second-order valence-electron chi connectivity index (χ2n) is 9.87. The number of ether oxygens (including phenoxy) is 1. The maximum atomic E-state index is 14.7. The Hall–Kier alpha value is -3.21. The first-order valence-electron chi connectivity index (χ1n) is 11.6. The number of carbonyl (C=O) groups excluding carboxylic acids is 3. The van der Waals surface area contributed by atoms with Crippen molar-refractivity contribution in [1.82, 2.24) is 9.88 Å². The summed E-state index contributed by atoms with van der Waals surface area (Å²) in [5.41, 5.74) is -1.18. The number of esters is 1. The summed E-state index contributed by atoms with van der Waals surface area (Å²) in [5, 5.41) is 0.0228. The van der Waals surface area contributed by atoms with Gasteiger partial charge in [0.25, 0.3) is 5.91 Å². The van der Waals surface area contributed by atoms with Gasteiger partial charge in [-0.1, -0.05) is 23.7 Å². The smallest absolute Gasteiger partial charge is 0.416 e. The summed E-state index contributed by atoms with van der Waals surface area (Å²) in [5.74, 6) is -3.12. The van der Waals surface area contributed by atoms with Gasteiger partial charge in [0.1, 0.15) is 12.6 Å². The number of aromatic nitrogens is 1. The highest BCUT2D eigenvalue weighted by Gasteiger charge is 2.66. The van der Waals surface area contributed by atoms with Gasteiger partial charge in [0.2, 0.25) is 5.91 Å². The number of hydrogen-bond donors (Lipinski definition) is 0. The number of halogens is 5. The molecule has 1 aromatic carbocycles. The van der Waals surface area contributed by atoms with Crippen LogP contribution in [0.4, 0.5) is 23.4 Å². The molecule has 3 aliphatic carbocycles. The average Bonchev–Trinajstić information content (AvgIpc) is 3.38. The van der Waals surface area contributed by atoms with Gasteiger partial charge in [0.15, 0.2) is 11.6 Å². The molecule has 2 heterocycles. The molecule has 4 fully saturated rings. The van der Waals surface area contributed by atoms with Crippen molar-refractivity contribution in [3.63, 3.8) is 0 Å². The number of benzene rings is 1. The second-order valence-corrected chi connectivity index (χ2v) is 10.3. The Labute approximate surface area is 214 Å². The van der Waals surface area contributed by atoms with Crippen LogP contribution in [0, 0.1) is 23.1 Å². The first-order chi connectivity index (χ1) is 17.4. The molecule has 0 N–H and O–H groups in total. The summed E-state index contributed by atoms with van der Waals surface area (Å²) in [7, 11) is 1.29. The quantitative estimate of drug-likeness (QED) is 0.420. The monoisotopic (exact) mass is 539 g/mol. The number of nitrogens with zero attached hydrogens (tertiary/aromatic N) is 3. The summed E-state index contributed by atoms with van der Waals surface area (Å²) in [6.07, 6.45) is -2.06. The molecule has 0 spiro atoms. The van der Waals surface area contributed by atoms with Crippen molar-refractivity contribution in [3.8, 4) is 0 Å². The zero-order valence-electron chi connectivity index (χ0n) is 19.6. The van der Waals surface area contributed by atoms with Gasteiger partial charge in [0.05, 0.1) is 23.6 Å². The minimum absolute atomic E-state index is 0.0101. The molecule has 4 aliphatic rings. The SMILES string of the molecule is COC(=O)C1CC2(C3C(=O)N(c4ncc(Cl)cc4F)CC(=O)N3Cc3ccc(C(F)(F)F)cc3)CC1C2. The molecular weight excluding hydrogens is 518 g/mol. The number of pyridine rings is 1. The van der Waals surface area contributed by atoms with Crippen molar-refractivity contribution in [2.24, 2.45) is 17.3 Å². The Kier molecular flexibility index (Phi) is 6.17. The first-order valence-corrected chi connectivity index (χ1v) is 12.0. The largest absolute Gasteiger partial charge is 0.469 e. The van der Waals surface area contributed by atoms with Gasteiger partial charge in [-0.3, -0.25) is 19.3 Å². The summed E-state index contributed by atoms with van der Waals surface area (Å²) < 4.78 is 58.7. The number of rotatable bonds is 5. The zero-order valence-corrected chi connectivity index (χ0v) is 20.4. The van der Waals surface area contributed by atoms with E-state index >= 15 is 0 Å². The Morgan fingerprint density at radius 2 is 1.86 bits per heavy atom. The Morgan fingerprint density at radius 3 is 2.46 bits per heavy atom. The van der Waals surface area contributed by atoms with Gasteiger partial charge in [-0.25, -0.2) is 9.37 Å². The molecular formula is C25H22ClF4N3O4. The van der Waals surface area contributed by atoms with Gasteiger partial charge in [-0.15, -0.1) is 0 Å².